The first kappa shape index (κ1) is 22.1. The van der Waals surface area contributed by atoms with Crippen LogP contribution < -0.4 is 4.89 Å². The average molecular weight is 403 g/mol. The van der Waals surface area contributed by atoms with Gasteiger partial charge in [0, 0.05) is 16.4 Å². The molecule has 0 aromatic heterocycles. The van der Waals surface area contributed by atoms with E-state index in [-0.39, 0.29) is 10.8 Å². The zero-order valence-electron chi connectivity index (χ0n) is 19.3. The third kappa shape index (κ3) is 4.60. The van der Waals surface area contributed by atoms with E-state index in [0.29, 0.717) is 0 Å². The van der Waals surface area contributed by atoms with E-state index in [1.165, 1.54) is 16.7 Å². The Labute approximate surface area is 181 Å². The monoisotopic (exact) mass is 402 g/mol. The van der Waals surface area contributed by atoms with Gasteiger partial charge in [0.25, 0.3) is 0 Å². The van der Waals surface area contributed by atoms with Crippen molar-refractivity contribution in [2.75, 3.05) is 0 Å². The topological polar surface area (TPSA) is 18.5 Å². The van der Waals surface area contributed by atoms with Gasteiger partial charge < -0.3 is 4.89 Å². The molecule has 158 valence electrons. The molecule has 0 spiro atoms. The van der Waals surface area contributed by atoms with Crippen LogP contribution in [0.3, 0.4) is 0 Å². The van der Waals surface area contributed by atoms with Gasteiger partial charge in [-0.25, -0.2) is 0 Å². The number of benzene rings is 3. The molecule has 0 bridgehead atoms. The highest BCUT2D eigenvalue weighted by Crippen LogP contribution is 2.45. The Morgan fingerprint density at radius 1 is 0.533 bits per heavy atom. The third-order valence-corrected chi connectivity index (χ3v) is 5.70. The molecule has 0 amide bonds. The Kier molecular flexibility index (Phi) is 6.10. The molecule has 0 saturated heterocycles. The molecule has 3 aromatic rings. The fourth-order valence-electron chi connectivity index (χ4n) is 3.95. The molecule has 0 aliphatic heterocycles. The van der Waals surface area contributed by atoms with Crippen LogP contribution in [0.15, 0.2) is 78.9 Å². The maximum atomic E-state index is 5.98. The smallest absolute Gasteiger partial charge is 0.169 e. The summed E-state index contributed by atoms with van der Waals surface area (Å²) >= 11 is 0. The highest BCUT2D eigenvalue weighted by molar-refractivity contribution is 5.55. The molecule has 3 rings (SSSR count). The van der Waals surface area contributed by atoms with Crippen molar-refractivity contribution < 1.29 is 9.78 Å². The molecular weight excluding hydrogens is 368 g/mol. The number of hydrogen-bond donors (Lipinski definition) is 0. The zero-order chi connectivity index (χ0) is 22.0. The van der Waals surface area contributed by atoms with Crippen LogP contribution in [0, 0.1) is 0 Å². The largest absolute Gasteiger partial charge is 0.337 e. The maximum Gasteiger partial charge on any atom is 0.169 e. The second-order valence-electron chi connectivity index (χ2n) is 9.94. The van der Waals surface area contributed by atoms with Gasteiger partial charge in [0.2, 0.25) is 0 Å². The summed E-state index contributed by atoms with van der Waals surface area (Å²) in [5.41, 5.74) is 4.00. The quantitative estimate of drug-likeness (QED) is 0.315. The van der Waals surface area contributed by atoms with Gasteiger partial charge in [-0.1, -0.05) is 100 Å². The number of rotatable bonds is 6. The first-order valence-electron chi connectivity index (χ1n) is 10.6. The Balaban J connectivity index is 2.23. The minimum Gasteiger partial charge on any atom is -0.337 e. The lowest BCUT2D eigenvalue weighted by atomic mass is 9.68. The number of hydrogen-bond acceptors (Lipinski definition) is 2. The van der Waals surface area contributed by atoms with E-state index in [9.17, 15) is 0 Å². The van der Waals surface area contributed by atoms with Crippen LogP contribution in [0.5, 0.6) is 5.75 Å². The van der Waals surface area contributed by atoms with Crippen molar-refractivity contribution in [3.05, 3.63) is 101 Å². The molecule has 0 heterocycles. The highest BCUT2D eigenvalue weighted by Gasteiger charge is 2.36. The molecule has 0 saturated carbocycles. The Morgan fingerprint density at radius 3 is 1.53 bits per heavy atom. The summed E-state index contributed by atoms with van der Waals surface area (Å²) in [6, 6.07) is 27.5. The van der Waals surface area contributed by atoms with Crippen molar-refractivity contribution in [3.63, 3.8) is 0 Å². The van der Waals surface area contributed by atoms with Crippen LogP contribution in [-0.2, 0) is 15.7 Å². The Bertz CT molecular complexity index is 965. The van der Waals surface area contributed by atoms with Crippen molar-refractivity contribution >= 4 is 0 Å². The summed E-state index contributed by atoms with van der Waals surface area (Å²) in [6.07, 6.45) is 0. The average Bonchev–Trinajstić information content (AvgIpc) is 2.72. The predicted octanol–water partition coefficient (Wildman–Crippen LogP) is 7.45. The van der Waals surface area contributed by atoms with Crippen LogP contribution in [0.25, 0.3) is 0 Å². The third-order valence-electron chi connectivity index (χ3n) is 5.70. The van der Waals surface area contributed by atoms with Crippen LogP contribution in [-0.4, -0.2) is 5.60 Å². The molecule has 2 heteroatoms. The van der Waals surface area contributed by atoms with E-state index in [2.05, 4.69) is 100 Å². The SMILES string of the molecule is CC(C)(C)OOc1cccc(C(C)(C)c2ccccc2)c1C(C)(C)c1ccccc1. The van der Waals surface area contributed by atoms with Crippen molar-refractivity contribution in [2.24, 2.45) is 0 Å². The van der Waals surface area contributed by atoms with E-state index in [1.807, 2.05) is 26.8 Å². The van der Waals surface area contributed by atoms with Crippen molar-refractivity contribution in [2.45, 2.75) is 64.9 Å². The second-order valence-corrected chi connectivity index (χ2v) is 9.94. The van der Waals surface area contributed by atoms with Crippen LogP contribution in [0.1, 0.15) is 70.7 Å². The summed E-state index contributed by atoms with van der Waals surface area (Å²) in [7, 11) is 0. The van der Waals surface area contributed by atoms with Gasteiger partial charge in [0.1, 0.15) is 5.60 Å². The summed E-state index contributed by atoms with van der Waals surface area (Å²) in [4.78, 5) is 11.7. The first-order valence-corrected chi connectivity index (χ1v) is 10.6. The summed E-state index contributed by atoms with van der Waals surface area (Å²) in [6.45, 7) is 15.0. The molecule has 0 aliphatic rings. The van der Waals surface area contributed by atoms with Crippen molar-refractivity contribution in [1.82, 2.24) is 0 Å². The van der Waals surface area contributed by atoms with Crippen LogP contribution in [0.4, 0.5) is 0 Å². The molecule has 0 N–H and O–H groups in total. The molecular formula is C28H34O2. The summed E-state index contributed by atoms with van der Waals surface area (Å²) in [5.74, 6) is 0.764. The van der Waals surface area contributed by atoms with Gasteiger partial charge in [-0.2, -0.15) is 4.89 Å². The van der Waals surface area contributed by atoms with E-state index in [0.717, 1.165) is 11.3 Å². The van der Waals surface area contributed by atoms with Gasteiger partial charge in [0.05, 0.1) is 0 Å². The molecule has 2 nitrogen and oxygen atoms in total. The summed E-state index contributed by atoms with van der Waals surface area (Å²) in [5, 5.41) is 0. The minimum atomic E-state index is -0.404. The van der Waals surface area contributed by atoms with Gasteiger partial charge in [0.15, 0.2) is 5.75 Å². The van der Waals surface area contributed by atoms with Gasteiger partial charge in [-0.15, -0.1) is 0 Å². The molecule has 0 atom stereocenters. The second kappa shape index (κ2) is 8.28. The molecule has 30 heavy (non-hydrogen) atoms. The normalized spacial score (nSPS) is 12.6. The predicted molar refractivity (Wildman–Crippen MR) is 125 cm³/mol. The first-order chi connectivity index (χ1) is 14.0. The van der Waals surface area contributed by atoms with E-state index in [4.69, 9.17) is 9.78 Å². The van der Waals surface area contributed by atoms with E-state index in [1.54, 1.807) is 0 Å². The summed E-state index contributed by atoms with van der Waals surface area (Å²) < 4.78 is 0. The fraction of sp³-hybridized carbons (Fsp3) is 0.357. The Morgan fingerprint density at radius 2 is 1.03 bits per heavy atom. The minimum absolute atomic E-state index is 0.205. The molecule has 0 radical (unpaired) electrons. The lowest BCUT2D eigenvalue weighted by molar-refractivity contribution is -0.275. The van der Waals surface area contributed by atoms with Crippen molar-refractivity contribution in [3.8, 4) is 5.75 Å². The van der Waals surface area contributed by atoms with Crippen LogP contribution >= 0.6 is 0 Å². The van der Waals surface area contributed by atoms with E-state index >= 15 is 0 Å². The van der Waals surface area contributed by atoms with E-state index < -0.39 is 5.60 Å². The lowest BCUT2D eigenvalue weighted by Crippen LogP contribution is -2.30. The fourth-order valence-corrected chi connectivity index (χ4v) is 3.95. The Hall–Kier alpha value is -2.58. The van der Waals surface area contributed by atoms with Gasteiger partial charge >= 0.3 is 0 Å². The van der Waals surface area contributed by atoms with Crippen LogP contribution in [0.2, 0.25) is 0 Å². The molecule has 0 aliphatic carbocycles. The maximum absolute atomic E-state index is 5.98. The highest BCUT2D eigenvalue weighted by atomic mass is 17.2. The molecule has 3 aromatic carbocycles. The van der Waals surface area contributed by atoms with Gasteiger partial charge in [-0.3, -0.25) is 0 Å². The lowest BCUT2D eigenvalue weighted by Gasteiger charge is -2.36. The molecule has 0 unspecified atom stereocenters. The standard InChI is InChI=1S/C28H34O2/c1-26(2,3)30-29-24-20-14-19-23(27(4,5)21-15-10-8-11-16-21)25(24)28(6,7)22-17-12-9-13-18-22/h8-20H,1-7H3. The van der Waals surface area contributed by atoms with Gasteiger partial charge in [-0.05, 0) is 43.5 Å². The van der Waals surface area contributed by atoms with Crippen molar-refractivity contribution in [1.29, 1.82) is 0 Å². The zero-order valence-corrected chi connectivity index (χ0v) is 19.3. The molecule has 0 fully saturated rings.